The predicted octanol–water partition coefficient (Wildman–Crippen LogP) is 4.17. The number of hydrogen-bond donors (Lipinski definition) is 7. The van der Waals surface area contributed by atoms with Gasteiger partial charge >= 0.3 is 12.0 Å². The Balaban J connectivity index is 1.06. The lowest BCUT2D eigenvalue weighted by Crippen LogP contribution is -2.49. The zero-order valence-corrected chi connectivity index (χ0v) is 30.1. The van der Waals surface area contributed by atoms with Gasteiger partial charge in [-0.2, -0.15) is 5.21 Å². The van der Waals surface area contributed by atoms with Crippen LogP contribution in [0.5, 0.6) is 0 Å². The summed E-state index contributed by atoms with van der Waals surface area (Å²) in [6.45, 7) is 6.11. The number of nitrogens with one attached hydrogen (secondary N) is 6. The summed E-state index contributed by atoms with van der Waals surface area (Å²) in [5, 5.41) is 35.6. The van der Waals surface area contributed by atoms with Gasteiger partial charge in [0.2, 0.25) is 17.7 Å². The van der Waals surface area contributed by atoms with Crippen LogP contribution in [0.25, 0.3) is 10.9 Å². The van der Waals surface area contributed by atoms with Crippen molar-refractivity contribution in [1.82, 2.24) is 41.1 Å². The molecular weight excluding hydrogens is 692 g/mol. The third kappa shape index (κ3) is 8.54. The summed E-state index contributed by atoms with van der Waals surface area (Å²) in [5.74, 6) is -3.37. The molecule has 7 N–H and O–H groups in total. The van der Waals surface area contributed by atoms with E-state index >= 15 is 0 Å². The Kier molecular flexibility index (Phi) is 11.0. The number of fused-ring (bicyclic) bond motifs is 1. The number of carbonyl (C=O) groups is 5. The number of amides is 5. The highest BCUT2D eigenvalue weighted by molar-refractivity contribution is 6.00. The molecule has 6 rings (SSSR count). The number of aliphatic carboxylic acids is 1. The number of benzene rings is 3. The van der Waals surface area contributed by atoms with Gasteiger partial charge in [-0.25, -0.2) is 4.79 Å². The number of anilines is 2. The van der Waals surface area contributed by atoms with Crippen LogP contribution in [-0.4, -0.2) is 77.9 Å². The van der Waals surface area contributed by atoms with Gasteiger partial charge in [0, 0.05) is 53.8 Å². The van der Waals surface area contributed by atoms with E-state index in [9.17, 15) is 29.1 Å². The van der Waals surface area contributed by atoms with Gasteiger partial charge in [0.25, 0.3) is 0 Å². The van der Waals surface area contributed by atoms with E-state index < -0.39 is 47.7 Å². The largest absolute Gasteiger partial charge is 0.481 e. The number of carboxylic acids is 1. The van der Waals surface area contributed by atoms with Crippen molar-refractivity contribution in [3.8, 4) is 0 Å². The van der Waals surface area contributed by atoms with Crippen molar-refractivity contribution in [2.75, 3.05) is 17.2 Å². The Labute approximate surface area is 310 Å². The average molecular weight is 735 g/mol. The molecular formula is C38H42N10O6. The van der Waals surface area contributed by atoms with Gasteiger partial charge in [-0.15, -0.1) is 10.2 Å². The summed E-state index contributed by atoms with van der Waals surface area (Å²) >= 11 is 0. The van der Waals surface area contributed by atoms with Crippen molar-refractivity contribution in [2.24, 2.45) is 5.92 Å². The fourth-order valence-corrected chi connectivity index (χ4v) is 6.78. The molecule has 0 spiro atoms. The van der Waals surface area contributed by atoms with Crippen LogP contribution < -0.4 is 21.3 Å². The summed E-state index contributed by atoms with van der Waals surface area (Å²) < 4.78 is 0. The second-order valence-corrected chi connectivity index (χ2v) is 13.8. The predicted molar refractivity (Wildman–Crippen MR) is 199 cm³/mol. The van der Waals surface area contributed by atoms with Crippen LogP contribution in [0.1, 0.15) is 61.7 Å². The number of rotatable bonds is 14. The van der Waals surface area contributed by atoms with E-state index in [2.05, 4.69) is 46.9 Å². The van der Waals surface area contributed by atoms with Crippen LogP contribution in [0.15, 0.2) is 79.0 Å². The minimum absolute atomic E-state index is 0.183. The molecule has 5 aromatic rings. The molecule has 3 heterocycles. The summed E-state index contributed by atoms with van der Waals surface area (Å²) in [6, 6.07) is 19.7. The molecule has 0 saturated carbocycles. The number of hydrogen-bond acceptors (Lipinski definition) is 8. The summed E-state index contributed by atoms with van der Waals surface area (Å²) in [5.41, 5.74) is 4.06. The Morgan fingerprint density at radius 2 is 1.72 bits per heavy atom. The smallest absolute Gasteiger partial charge is 0.323 e. The van der Waals surface area contributed by atoms with E-state index in [1.165, 1.54) is 0 Å². The van der Waals surface area contributed by atoms with Crippen molar-refractivity contribution in [3.63, 3.8) is 0 Å². The van der Waals surface area contributed by atoms with E-state index in [4.69, 9.17) is 0 Å². The van der Waals surface area contributed by atoms with Gasteiger partial charge < -0.3 is 36.3 Å². The molecule has 16 nitrogen and oxygen atoms in total. The minimum atomic E-state index is -1.43. The normalized spacial score (nSPS) is 15.4. The molecule has 1 fully saturated rings. The number of likely N-dealkylation sites (tertiary alicyclic amines) is 1. The lowest BCUT2D eigenvalue weighted by molar-refractivity contribution is -0.141. The van der Waals surface area contributed by atoms with E-state index in [0.717, 1.165) is 27.6 Å². The Morgan fingerprint density at radius 1 is 0.981 bits per heavy atom. The summed E-state index contributed by atoms with van der Waals surface area (Å²) in [6.07, 6.45) is 1.56. The highest BCUT2D eigenvalue weighted by Gasteiger charge is 2.42. The highest BCUT2D eigenvalue weighted by atomic mass is 16.4. The standard InChI is InChI=1S/C38H42N10O6/c1-22-8-4-6-10-28(22)43-37(54)40-26-14-12-25(13-15-26)38(2,3)48-17-16-23(36(48)53)19-32(49)41-31(20-33(50)51)35(52)42-30(34-44-46-47-45-34)18-24-21-39-29-11-7-5-9-27(24)29/h4-15,21,23,30-31,39H,16-20H2,1-3H3,(H,41,49)(H,42,52)(H,50,51)(H2,40,43,54)(H,44,45,46,47)/t23?,30-,31?/m1/s1. The number of aryl methyl sites for hydroxylation is 1. The second-order valence-electron chi connectivity index (χ2n) is 13.8. The van der Waals surface area contributed by atoms with Crippen LogP contribution in [0.4, 0.5) is 16.2 Å². The fourth-order valence-electron chi connectivity index (χ4n) is 6.78. The molecule has 3 aromatic carbocycles. The number of urea groups is 1. The lowest BCUT2D eigenvalue weighted by atomic mass is 9.92. The second kappa shape index (κ2) is 16.0. The molecule has 1 aliphatic rings. The first-order valence-electron chi connectivity index (χ1n) is 17.5. The summed E-state index contributed by atoms with van der Waals surface area (Å²) in [7, 11) is 0. The lowest BCUT2D eigenvalue weighted by Gasteiger charge is -2.36. The van der Waals surface area contributed by atoms with Crippen LogP contribution in [0.2, 0.25) is 0 Å². The van der Waals surface area contributed by atoms with Crippen molar-refractivity contribution < 1.29 is 29.1 Å². The summed E-state index contributed by atoms with van der Waals surface area (Å²) in [4.78, 5) is 69.8. The van der Waals surface area contributed by atoms with Crippen LogP contribution in [0.3, 0.4) is 0 Å². The number of carboxylic acid groups (broad SMARTS) is 1. The van der Waals surface area contributed by atoms with Crippen molar-refractivity contribution in [1.29, 1.82) is 0 Å². The molecule has 280 valence electrons. The third-order valence-corrected chi connectivity index (χ3v) is 9.78. The number of aromatic nitrogens is 5. The molecule has 3 atom stereocenters. The SMILES string of the molecule is Cc1ccccc1NC(=O)Nc1ccc(C(C)(C)N2CCC(CC(=O)NC(CC(=O)O)C(=O)N[C@H](Cc3c[nH]c4ccccc34)c3nn[nH]n3)C2=O)cc1. The zero-order valence-electron chi connectivity index (χ0n) is 30.1. The van der Waals surface area contributed by atoms with Gasteiger partial charge in [0.05, 0.1) is 18.0 Å². The quantitative estimate of drug-likeness (QED) is 0.0868. The molecule has 0 bridgehead atoms. The zero-order chi connectivity index (χ0) is 38.4. The van der Waals surface area contributed by atoms with Crippen LogP contribution in [-0.2, 0) is 31.1 Å². The molecule has 1 aliphatic heterocycles. The topological polar surface area (TPSA) is 227 Å². The molecule has 54 heavy (non-hydrogen) atoms. The molecule has 16 heteroatoms. The van der Waals surface area contributed by atoms with E-state index in [1.807, 2.05) is 87.6 Å². The first-order chi connectivity index (χ1) is 25.9. The molecule has 5 amide bonds. The molecule has 0 aliphatic carbocycles. The highest BCUT2D eigenvalue weighted by Crippen LogP contribution is 2.35. The van der Waals surface area contributed by atoms with Gasteiger partial charge in [0.1, 0.15) is 6.04 Å². The maximum absolute atomic E-state index is 13.7. The van der Waals surface area contributed by atoms with Crippen LogP contribution >= 0.6 is 0 Å². The Morgan fingerprint density at radius 3 is 2.44 bits per heavy atom. The Hall–Kier alpha value is -6.58. The van der Waals surface area contributed by atoms with Gasteiger partial charge in [-0.05, 0) is 68.1 Å². The van der Waals surface area contributed by atoms with E-state index in [0.29, 0.717) is 24.3 Å². The van der Waals surface area contributed by atoms with Gasteiger partial charge in [-0.1, -0.05) is 53.7 Å². The van der Waals surface area contributed by atoms with Crippen molar-refractivity contribution in [2.45, 2.75) is 64.1 Å². The van der Waals surface area contributed by atoms with Gasteiger partial charge in [0.15, 0.2) is 5.82 Å². The first kappa shape index (κ1) is 37.2. The van der Waals surface area contributed by atoms with Crippen molar-refractivity contribution in [3.05, 3.63) is 102 Å². The maximum atomic E-state index is 13.7. The third-order valence-electron chi connectivity index (χ3n) is 9.78. The average Bonchev–Trinajstić information content (AvgIpc) is 3.90. The van der Waals surface area contributed by atoms with E-state index in [1.54, 1.807) is 17.0 Å². The van der Waals surface area contributed by atoms with E-state index in [-0.39, 0.29) is 30.6 Å². The molecule has 0 radical (unpaired) electrons. The number of tetrazole rings is 1. The minimum Gasteiger partial charge on any atom is -0.481 e. The Bertz CT molecular complexity index is 2150. The number of H-pyrrole nitrogens is 2. The number of nitrogens with zero attached hydrogens (tertiary/aromatic N) is 4. The molecule has 2 aromatic heterocycles. The number of para-hydroxylation sites is 2. The monoisotopic (exact) mass is 734 g/mol. The molecule has 2 unspecified atom stereocenters. The van der Waals surface area contributed by atoms with Gasteiger partial charge in [-0.3, -0.25) is 19.2 Å². The number of aromatic amines is 2. The molecule has 1 saturated heterocycles. The van der Waals surface area contributed by atoms with Crippen molar-refractivity contribution >= 4 is 52.0 Å². The maximum Gasteiger partial charge on any atom is 0.323 e. The van der Waals surface area contributed by atoms with Crippen LogP contribution in [0, 0.1) is 12.8 Å². The number of carbonyl (C=O) groups excluding carboxylic acids is 4. The first-order valence-corrected chi connectivity index (χ1v) is 17.5. The fraction of sp³-hybridized carbons (Fsp3) is 0.316.